The third-order valence-electron chi connectivity index (χ3n) is 4.02. The second-order valence-electron chi connectivity index (χ2n) is 5.91. The van der Waals surface area contributed by atoms with Gasteiger partial charge in [0.1, 0.15) is 0 Å². The maximum Gasteiger partial charge on any atom is 0.224 e. The predicted octanol–water partition coefficient (Wildman–Crippen LogP) is 1.74. The number of carbonyl (C=O) groups excluding carboxylic acids is 1. The first-order chi connectivity index (χ1) is 8.92. The Bertz CT molecular complexity index is 482. The Morgan fingerprint density at radius 1 is 1.37 bits per heavy atom. The van der Waals surface area contributed by atoms with Gasteiger partial charge in [0.25, 0.3) is 0 Å². The Kier molecular flexibility index (Phi) is 3.92. The third-order valence-corrected chi connectivity index (χ3v) is 4.02. The normalized spacial score (nSPS) is 15.3. The molecule has 0 unspecified atom stereocenters. The maximum atomic E-state index is 11.3. The molecule has 4 heteroatoms. The molecular formula is C15H23N3O. The lowest BCUT2D eigenvalue weighted by molar-refractivity contribution is -0.116. The van der Waals surface area contributed by atoms with Crippen molar-refractivity contribution >= 4 is 11.6 Å². The van der Waals surface area contributed by atoms with Crippen LogP contribution in [0.25, 0.3) is 0 Å². The lowest BCUT2D eigenvalue weighted by Gasteiger charge is -2.34. The molecule has 2 rings (SSSR count). The fraction of sp³-hybridized carbons (Fsp3) is 0.533. The fourth-order valence-electron chi connectivity index (χ4n) is 2.18. The van der Waals surface area contributed by atoms with E-state index < -0.39 is 0 Å². The minimum atomic E-state index is -0.00980. The Morgan fingerprint density at radius 2 is 2.11 bits per heavy atom. The van der Waals surface area contributed by atoms with Gasteiger partial charge in [-0.3, -0.25) is 9.69 Å². The molecule has 0 saturated heterocycles. The summed E-state index contributed by atoms with van der Waals surface area (Å²) in [5.41, 5.74) is 9.24. The Labute approximate surface area is 115 Å². The number of nitrogens with zero attached hydrogens (tertiary/aromatic N) is 1. The highest BCUT2D eigenvalue weighted by atomic mass is 16.1. The van der Waals surface area contributed by atoms with Gasteiger partial charge in [0.2, 0.25) is 5.91 Å². The SMILES string of the molecule is CN(Cc1ccc2c(c1)CCC(=O)N2)C(C)(C)CN. The van der Waals surface area contributed by atoms with Crippen molar-refractivity contribution in [3.05, 3.63) is 29.3 Å². The average Bonchev–Trinajstić information content (AvgIpc) is 2.38. The van der Waals surface area contributed by atoms with Crippen molar-refractivity contribution in [3.8, 4) is 0 Å². The van der Waals surface area contributed by atoms with Gasteiger partial charge in [-0.15, -0.1) is 0 Å². The molecule has 1 aliphatic heterocycles. The topological polar surface area (TPSA) is 58.4 Å². The van der Waals surface area contributed by atoms with Gasteiger partial charge in [-0.05, 0) is 44.5 Å². The summed E-state index contributed by atoms with van der Waals surface area (Å²) < 4.78 is 0. The Balaban J connectivity index is 2.13. The molecule has 0 spiro atoms. The van der Waals surface area contributed by atoms with E-state index in [4.69, 9.17) is 5.73 Å². The first-order valence-corrected chi connectivity index (χ1v) is 6.75. The second-order valence-corrected chi connectivity index (χ2v) is 5.91. The fourth-order valence-corrected chi connectivity index (χ4v) is 2.18. The van der Waals surface area contributed by atoms with Crippen molar-refractivity contribution in [2.45, 2.75) is 38.8 Å². The third kappa shape index (κ3) is 3.14. The van der Waals surface area contributed by atoms with Crippen molar-refractivity contribution in [2.24, 2.45) is 5.73 Å². The lowest BCUT2D eigenvalue weighted by atomic mass is 9.98. The van der Waals surface area contributed by atoms with E-state index in [0.29, 0.717) is 13.0 Å². The average molecular weight is 261 g/mol. The highest BCUT2D eigenvalue weighted by molar-refractivity contribution is 5.93. The molecule has 104 valence electrons. The van der Waals surface area contributed by atoms with Crippen molar-refractivity contribution in [3.63, 3.8) is 0 Å². The molecular weight excluding hydrogens is 238 g/mol. The van der Waals surface area contributed by atoms with Gasteiger partial charge in [0.05, 0.1) is 0 Å². The zero-order valence-corrected chi connectivity index (χ0v) is 12.0. The number of hydrogen-bond donors (Lipinski definition) is 2. The highest BCUT2D eigenvalue weighted by Gasteiger charge is 2.22. The summed E-state index contributed by atoms with van der Waals surface area (Å²) in [4.78, 5) is 13.6. The largest absolute Gasteiger partial charge is 0.329 e. The van der Waals surface area contributed by atoms with E-state index in [1.807, 2.05) is 6.07 Å². The first-order valence-electron chi connectivity index (χ1n) is 6.75. The maximum absolute atomic E-state index is 11.3. The van der Waals surface area contributed by atoms with Gasteiger partial charge in [0.15, 0.2) is 0 Å². The van der Waals surface area contributed by atoms with E-state index >= 15 is 0 Å². The molecule has 0 aliphatic carbocycles. The van der Waals surface area contributed by atoms with Crippen LogP contribution in [-0.2, 0) is 17.8 Å². The van der Waals surface area contributed by atoms with Crippen LogP contribution in [0.1, 0.15) is 31.4 Å². The summed E-state index contributed by atoms with van der Waals surface area (Å²) in [6.07, 6.45) is 1.42. The van der Waals surface area contributed by atoms with Gasteiger partial charge in [0, 0.05) is 30.7 Å². The van der Waals surface area contributed by atoms with E-state index in [0.717, 1.165) is 18.7 Å². The molecule has 0 bridgehead atoms. The monoisotopic (exact) mass is 261 g/mol. The summed E-state index contributed by atoms with van der Waals surface area (Å²) in [5, 5.41) is 2.91. The summed E-state index contributed by atoms with van der Waals surface area (Å²) in [5.74, 6) is 0.113. The Morgan fingerprint density at radius 3 is 2.79 bits per heavy atom. The van der Waals surface area contributed by atoms with E-state index in [1.54, 1.807) is 0 Å². The van der Waals surface area contributed by atoms with Crippen LogP contribution < -0.4 is 11.1 Å². The predicted molar refractivity (Wildman–Crippen MR) is 78.0 cm³/mol. The van der Waals surface area contributed by atoms with Gasteiger partial charge in [-0.25, -0.2) is 0 Å². The molecule has 4 nitrogen and oxygen atoms in total. The quantitative estimate of drug-likeness (QED) is 0.868. The summed E-state index contributed by atoms with van der Waals surface area (Å²) in [6, 6.07) is 6.27. The van der Waals surface area contributed by atoms with Crippen LogP contribution in [0.3, 0.4) is 0 Å². The minimum absolute atomic E-state index is 0.00980. The molecule has 1 aromatic rings. The van der Waals surface area contributed by atoms with Crippen LogP contribution in [0.2, 0.25) is 0 Å². The standard InChI is InChI=1S/C15H23N3O/c1-15(2,10-16)18(3)9-11-4-6-13-12(8-11)5-7-14(19)17-13/h4,6,8H,5,7,9-10,16H2,1-3H3,(H,17,19). The number of fused-ring (bicyclic) bond motifs is 1. The van der Waals surface area contributed by atoms with Crippen LogP contribution in [0.5, 0.6) is 0 Å². The zero-order valence-electron chi connectivity index (χ0n) is 12.0. The molecule has 0 aromatic heterocycles. The van der Waals surface area contributed by atoms with Crippen molar-refractivity contribution in [2.75, 3.05) is 18.9 Å². The number of nitrogens with two attached hydrogens (primary N) is 1. The lowest BCUT2D eigenvalue weighted by Crippen LogP contribution is -2.46. The molecule has 19 heavy (non-hydrogen) atoms. The van der Waals surface area contributed by atoms with E-state index in [2.05, 4.69) is 43.2 Å². The van der Waals surface area contributed by atoms with E-state index in [9.17, 15) is 4.79 Å². The van der Waals surface area contributed by atoms with Crippen LogP contribution in [0.15, 0.2) is 18.2 Å². The molecule has 1 aromatic carbocycles. The minimum Gasteiger partial charge on any atom is -0.329 e. The molecule has 0 saturated carbocycles. The second kappa shape index (κ2) is 5.31. The molecule has 1 amide bonds. The van der Waals surface area contributed by atoms with Gasteiger partial charge in [-0.1, -0.05) is 12.1 Å². The van der Waals surface area contributed by atoms with Crippen molar-refractivity contribution in [1.29, 1.82) is 0 Å². The van der Waals surface area contributed by atoms with Crippen LogP contribution >= 0.6 is 0 Å². The van der Waals surface area contributed by atoms with Gasteiger partial charge < -0.3 is 11.1 Å². The Hall–Kier alpha value is -1.39. The number of anilines is 1. The molecule has 1 heterocycles. The summed E-state index contributed by atoms with van der Waals surface area (Å²) in [7, 11) is 2.09. The number of benzene rings is 1. The van der Waals surface area contributed by atoms with Crippen molar-refractivity contribution < 1.29 is 4.79 Å². The number of hydrogen-bond acceptors (Lipinski definition) is 3. The molecule has 0 fully saturated rings. The number of carbonyl (C=O) groups is 1. The van der Waals surface area contributed by atoms with Crippen LogP contribution in [0, 0.1) is 0 Å². The number of rotatable bonds is 4. The smallest absolute Gasteiger partial charge is 0.224 e. The van der Waals surface area contributed by atoms with E-state index in [1.165, 1.54) is 11.1 Å². The van der Waals surface area contributed by atoms with Crippen LogP contribution in [-0.4, -0.2) is 29.9 Å². The van der Waals surface area contributed by atoms with E-state index in [-0.39, 0.29) is 11.4 Å². The van der Waals surface area contributed by atoms with Crippen molar-refractivity contribution in [1.82, 2.24) is 4.90 Å². The number of likely N-dealkylation sites (N-methyl/N-ethyl adjacent to an activating group) is 1. The first kappa shape index (κ1) is 14.0. The molecule has 0 atom stereocenters. The molecule has 0 radical (unpaired) electrons. The van der Waals surface area contributed by atoms with Crippen LogP contribution in [0.4, 0.5) is 5.69 Å². The van der Waals surface area contributed by atoms with Gasteiger partial charge >= 0.3 is 0 Å². The number of amides is 1. The molecule has 3 N–H and O–H groups in total. The summed E-state index contributed by atoms with van der Waals surface area (Å²) >= 11 is 0. The molecule has 1 aliphatic rings. The highest BCUT2D eigenvalue weighted by Crippen LogP contribution is 2.25. The zero-order chi connectivity index (χ0) is 14.0. The summed E-state index contributed by atoms with van der Waals surface area (Å²) in [6.45, 7) is 5.78. The number of aryl methyl sites for hydroxylation is 1. The number of nitrogens with one attached hydrogen (secondary N) is 1. The van der Waals surface area contributed by atoms with Gasteiger partial charge in [-0.2, -0.15) is 0 Å².